The van der Waals surface area contributed by atoms with E-state index >= 15 is 0 Å². The zero-order valence-electron chi connectivity index (χ0n) is 13.1. The van der Waals surface area contributed by atoms with Gasteiger partial charge in [0.2, 0.25) is 0 Å². The summed E-state index contributed by atoms with van der Waals surface area (Å²) in [5, 5.41) is 0. The summed E-state index contributed by atoms with van der Waals surface area (Å²) in [6.07, 6.45) is 0. The van der Waals surface area contributed by atoms with E-state index in [0.29, 0.717) is 23.4 Å². The smallest absolute Gasteiger partial charge is 0.316 e. The largest absolute Gasteiger partial charge is 0.328 e. The second kappa shape index (κ2) is 6.39. The van der Waals surface area contributed by atoms with Crippen LogP contribution in [0.5, 0.6) is 0 Å². The molecule has 2 aromatic rings. The molecule has 1 fully saturated rings. The predicted molar refractivity (Wildman–Crippen MR) is 85.3 cm³/mol. The Kier molecular flexibility index (Phi) is 4.29. The zero-order chi connectivity index (χ0) is 17.3. The normalized spacial score (nSPS) is 15.1. The molecule has 0 N–H and O–H groups in total. The van der Waals surface area contributed by atoms with E-state index in [-0.39, 0.29) is 18.9 Å². The van der Waals surface area contributed by atoms with Crippen LogP contribution in [0.2, 0.25) is 0 Å². The minimum absolute atomic E-state index is 0.165. The maximum Gasteiger partial charge on any atom is 0.316 e. The molecule has 0 spiro atoms. The first kappa shape index (κ1) is 16.1. The molecule has 0 aromatic heterocycles. The fourth-order valence-electron chi connectivity index (χ4n) is 2.68. The SMILES string of the molecule is Cc1ccc(N2CCN(Cc3cccc(F)c3)C(=O)C2=O)cc1F. The second-order valence-corrected chi connectivity index (χ2v) is 5.75. The minimum Gasteiger partial charge on any atom is -0.328 e. The fraction of sp³-hybridized carbons (Fsp3) is 0.222. The number of amides is 2. The molecule has 3 rings (SSSR count). The Balaban J connectivity index is 1.76. The number of carbonyl (C=O) groups is 2. The highest BCUT2D eigenvalue weighted by atomic mass is 19.1. The van der Waals surface area contributed by atoms with E-state index in [1.54, 1.807) is 31.2 Å². The number of anilines is 1. The van der Waals surface area contributed by atoms with Gasteiger partial charge in [0.15, 0.2) is 0 Å². The number of rotatable bonds is 3. The average molecular weight is 330 g/mol. The van der Waals surface area contributed by atoms with Crippen LogP contribution in [0.15, 0.2) is 42.5 Å². The van der Waals surface area contributed by atoms with Crippen molar-refractivity contribution in [2.24, 2.45) is 0 Å². The summed E-state index contributed by atoms with van der Waals surface area (Å²) in [4.78, 5) is 27.3. The number of benzene rings is 2. The van der Waals surface area contributed by atoms with Crippen LogP contribution in [0.3, 0.4) is 0 Å². The third-order valence-electron chi connectivity index (χ3n) is 4.04. The number of halogens is 2. The lowest BCUT2D eigenvalue weighted by Gasteiger charge is -2.33. The van der Waals surface area contributed by atoms with E-state index in [1.807, 2.05) is 0 Å². The first-order chi connectivity index (χ1) is 11.5. The molecular weight excluding hydrogens is 314 g/mol. The van der Waals surface area contributed by atoms with Gasteiger partial charge >= 0.3 is 11.8 Å². The molecule has 4 nitrogen and oxygen atoms in total. The molecular formula is C18H16F2N2O2. The third kappa shape index (κ3) is 3.13. The van der Waals surface area contributed by atoms with Gasteiger partial charge in [0.1, 0.15) is 11.6 Å². The van der Waals surface area contributed by atoms with Crippen LogP contribution in [0, 0.1) is 18.6 Å². The quantitative estimate of drug-likeness (QED) is 0.812. The van der Waals surface area contributed by atoms with Crippen molar-refractivity contribution in [1.82, 2.24) is 4.90 Å². The third-order valence-corrected chi connectivity index (χ3v) is 4.04. The highest BCUT2D eigenvalue weighted by Gasteiger charge is 2.33. The van der Waals surface area contributed by atoms with Crippen molar-refractivity contribution in [3.63, 3.8) is 0 Å². The molecule has 0 aliphatic carbocycles. The van der Waals surface area contributed by atoms with Gasteiger partial charge in [-0.2, -0.15) is 0 Å². The van der Waals surface area contributed by atoms with Crippen molar-refractivity contribution in [2.45, 2.75) is 13.5 Å². The van der Waals surface area contributed by atoms with Crippen LogP contribution in [-0.4, -0.2) is 29.8 Å². The Morgan fingerprint density at radius 2 is 1.79 bits per heavy atom. The Morgan fingerprint density at radius 3 is 2.50 bits per heavy atom. The van der Waals surface area contributed by atoms with E-state index < -0.39 is 17.6 Å². The molecule has 0 radical (unpaired) electrons. The van der Waals surface area contributed by atoms with E-state index in [0.717, 1.165) is 0 Å². The van der Waals surface area contributed by atoms with Crippen LogP contribution in [-0.2, 0) is 16.1 Å². The van der Waals surface area contributed by atoms with Gasteiger partial charge in [0.05, 0.1) is 0 Å². The van der Waals surface area contributed by atoms with E-state index in [2.05, 4.69) is 0 Å². The van der Waals surface area contributed by atoms with Crippen molar-refractivity contribution in [3.8, 4) is 0 Å². The van der Waals surface area contributed by atoms with Crippen LogP contribution in [0.25, 0.3) is 0 Å². The number of hydrogen-bond donors (Lipinski definition) is 0. The lowest BCUT2D eigenvalue weighted by atomic mass is 10.1. The van der Waals surface area contributed by atoms with Crippen LogP contribution >= 0.6 is 0 Å². The Morgan fingerprint density at radius 1 is 1.00 bits per heavy atom. The summed E-state index contributed by atoms with van der Waals surface area (Å²) < 4.78 is 26.9. The Hall–Kier alpha value is -2.76. The zero-order valence-corrected chi connectivity index (χ0v) is 13.1. The monoisotopic (exact) mass is 330 g/mol. The van der Waals surface area contributed by atoms with E-state index in [9.17, 15) is 18.4 Å². The Bertz CT molecular complexity index is 807. The predicted octanol–water partition coefficient (Wildman–Crippen LogP) is 2.65. The van der Waals surface area contributed by atoms with Gasteiger partial charge in [-0.05, 0) is 42.3 Å². The summed E-state index contributed by atoms with van der Waals surface area (Å²) in [6.45, 7) is 2.36. The summed E-state index contributed by atoms with van der Waals surface area (Å²) in [5.74, 6) is -2.19. The van der Waals surface area contributed by atoms with Crippen molar-refractivity contribution in [3.05, 3.63) is 65.2 Å². The molecule has 0 atom stereocenters. The number of nitrogens with zero attached hydrogens (tertiary/aromatic N) is 2. The van der Waals surface area contributed by atoms with Gasteiger partial charge in [0.25, 0.3) is 0 Å². The van der Waals surface area contributed by atoms with Crippen LogP contribution in [0.4, 0.5) is 14.5 Å². The molecule has 1 saturated heterocycles. The average Bonchev–Trinajstić information content (AvgIpc) is 2.55. The van der Waals surface area contributed by atoms with E-state index in [1.165, 1.54) is 28.0 Å². The van der Waals surface area contributed by atoms with Crippen molar-refractivity contribution < 1.29 is 18.4 Å². The summed E-state index contributed by atoms with van der Waals surface area (Å²) in [5.41, 5.74) is 1.45. The van der Waals surface area contributed by atoms with Gasteiger partial charge in [-0.15, -0.1) is 0 Å². The molecule has 1 aliphatic heterocycles. The van der Waals surface area contributed by atoms with Crippen molar-refractivity contribution >= 4 is 17.5 Å². The number of aryl methyl sites for hydroxylation is 1. The van der Waals surface area contributed by atoms with Gasteiger partial charge < -0.3 is 9.80 Å². The fourth-order valence-corrected chi connectivity index (χ4v) is 2.68. The van der Waals surface area contributed by atoms with Crippen molar-refractivity contribution in [2.75, 3.05) is 18.0 Å². The molecule has 6 heteroatoms. The van der Waals surface area contributed by atoms with Gasteiger partial charge in [0, 0.05) is 25.3 Å². The maximum absolute atomic E-state index is 13.7. The molecule has 0 unspecified atom stereocenters. The maximum atomic E-state index is 13.7. The van der Waals surface area contributed by atoms with Crippen LogP contribution < -0.4 is 4.90 Å². The molecule has 24 heavy (non-hydrogen) atoms. The number of hydrogen-bond acceptors (Lipinski definition) is 2. The summed E-state index contributed by atoms with van der Waals surface area (Å²) in [6, 6.07) is 10.3. The topological polar surface area (TPSA) is 40.6 Å². The minimum atomic E-state index is -0.707. The molecule has 0 saturated carbocycles. The Labute approximate surface area is 138 Å². The lowest BCUT2D eigenvalue weighted by molar-refractivity contribution is -0.146. The number of carbonyl (C=O) groups excluding carboxylic acids is 2. The number of piperazine rings is 1. The van der Waals surface area contributed by atoms with E-state index in [4.69, 9.17) is 0 Å². The van der Waals surface area contributed by atoms with Gasteiger partial charge in [-0.25, -0.2) is 8.78 Å². The molecule has 1 aliphatic rings. The highest BCUT2D eigenvalue weighted by molar-refractivity contribution is 6.40. The summed E-state index contributed by atoms with van der Waals surface area (Å²) >= 11 is 0. The molecule has 124 valence electrons. The summed E-state index contributed by atoms with van der Waals surface area (Å²) in [7, 11) is 0. The first-order valence-electron chi connectivity index (χ1n) is 7.57. The standard InChI is InChI=1S/C18H16F2N2O2/c1-12-5-6-15(10-16(12)20)22-8-7-21(17(23)18(22)24)11-13-3-2-4-14(19)9-13/h2-6,9-10H,7-8,11H2,1H3. The highest BCUT2D eigenvalue weighted by Crippen LogP contribution is 2.21. The second-order valence-electron chi connectivity index (χ2n) is 5.75. The van der Waals surface area contributed by atoms with Crippen molar-refractivity contribution in [1.29, 1.82) is 0 Å². The molecule has 2 amide bonds. The van der Waals surface area contributed by atoms with Gasteiger partial charge in [-0.3, -0.25) is 9.59 Å². The van der Waals surface area contributed by atoms with Crippen LogP contribution in [0.1, 0.15) is 11.1 Å². The van der Waals surface area contributed by atoms with Gasteiger partial charge in [-0.1, -0.05) is 18.2 Å². The molecule has 1 heterocycles. The molecule has 0 bridgehead atoms. The lowest BCUT2D eigenvalue weighted by Crippen LogP contribution is -2.54. The first-order valence-corrected chi connectivity index (χ1v) is 7.57. The molecule has 2 aromatic carbocycles.